The summed E-state index contributed by atoms with van der Waals surface area (Å²) in [6.07, 6.45) is 1.70. The predicted octanol–water partition coefficient (Wildman–Crippen LogP) is 4.19. The molecule has 0 bridgehead atoms. The van der Waals surface area contributed by atoms with Crippen LogP contribution in [0.1, 0.15) is 18.3 Å². The number of nitrogens with one attached hydrogen (secondary N) is 1. The molecule has 3 aromatic rings. The molecule has 0 aliphatic rings. The molecular weight excluding hydrogens is 513 g/mol. The summed E-state index contributed by atoms with van der Waals surface area (Å²) in [5.41, 5.74) is 2.57. The molecule has 9 heteroatoms. The number of allylic oxidation sites excluding steroid dienone is 1. The van der Waals surface area contributed by atoms with Crippen LogP contribution in [0.4, 0.5) is 0 Å². The zero-order valence-electron chi connectivity index (χ0n) is 17.2. The molecular formula is C22H20IN3O5. The number of rotatable bonds is 8. The Labute approximate surface area is 192 Å². The number of halogens is 1. The molecule has 0 fully saturated rings. The monoisotopic (exact) mass is 533 g/mol. The maximum Gasteiger partial charge on any atom is 0.344 e. The predicted molar refractivity (Wildman–Crippen MR) is 124 cm³/mol. The Morgan fingerprint density at radius 2 is 2.06 bits per heavy atom. The number of nitrogens with zero attached hydrogens (tertiary/aromatic N) is 2. The average molecular weight is 533 g/mol. The van der Waals surface area contributed by atoms with Crippen LogP contribution in [0.25, 0.3) is 22.7 Å². The van der Waals surface area contributed by atoms with Gasteiger partial charge in [-0.25, -0.2) is 9.78 Å². The van der Waals surface area contributed by atoms with Crippen LogP contribution < -0.4 is 14.2 Å². The van der Waals surface area contributed by atoms with Crippen molar-refractivity contribution in [2.45, 2.75) is 6.92 Å². The van der Waals surface area contributed by atoms with Crippen molar-refractivity contribution in [2.24, 2.45) is 0 Å². The van der Waals surface area contributed by atoms with E-state index >= 15 is 0 Å². The fourth-order valence-corrected chi connectivity index (χ4v) is 3.64. The first-order valence-electron chi connectivity index (χ1n) is 9.31. The minimum absolute atomic E-state index is 0.221. The van der Waals surface area contributed by atoms with E-state index in [0.29, 0.717) is 28.6 Å². The number of carbonyl (C=O) groups excluding carboxylic acids is 1. The first-order chi connectivity index (χ1) is 15.0. The smallest absolute Gasteiger partial charge is 0.344 e. The third kappa shape index (κ3) is 5.27. The van der Waals surface area contributed by atoms with Gasteiger partial charge in [0.05, 0.1) is 41.0 Å². The normalized spacial score (nSPS) is 11.1. The number of imidazole rings is 1. The van der Waals surface area contributed by atoms with Crippen molar-refractivity contribution >= 4 is 51.2 Å². The van der Waals surface area contributed by atoms with Crippen molar-refractivity contribution in [3.8, 4) is 23.3 Å². The highest BCUT2D eigenvalue weighted by Crippen LogP contribution is 2.35. The SMILES string of the molecule is CCOC(=O)COc1c(I)cc(/C=C(/C#N)c2nc3ccc(OC)cc3[nH]2)cc1OC. The second-order valence-corrected chi connectivity index (χ2v) is 7.43. The molecule has 1 heterocycles. The van der Waals surface area contributed by atoms with E-state index in [1.807, 2.05) is 24.3 Å². The molecule has 0 aliphatic carbocycles. The summed E-state index contributed by atoms with van der Waals surface area (Å²) in [4.78, 5) is 19.2. The van der Waals surface area contributed by atoms with Gasteiger partial charge in [0.25, 0.3) is 0 Å². The number of esters is 1. The topological polar surface area (TPSA) is 106 Å². The number of carbonyl (C=O) groups is 1. The quantitative estimate of drug-likeness (QED) is 0.263. The molecule has 2 aromatic carbocycles. The van der Waals surface area contributed by atoms with Gasteiger partial charge < -0.3 is 23.9 Å². The molecule has 0 atom stereocenters. The molecule has 0 spiro atoms. The van der Waals surface area contributed by atoms with Crippen molar-refractivity contribution in [1.82, 2.24) is 9.97 Å². The van der Waals surface area contributed by atoms with Crippen molar-refractivity contribution in [3.05, 3.63) is 45.3 Å². The molecule has 0 aliphatic heterocycles. The summed E-state index contributed by atoms with van der Waals surface area (Å²) >= 11 is 2.09. The van der Waals surface area contributed by atoms with Crippen molar-refractivity contribution in [3.63, 3.8) is 0 Å². The minimum atomic E-state index is -0.461. The van der Waals surface area contributed by atoms with Crippen molar-refractivity contribution in [1.29, 1.82) is 5.26 Å². The van der Waals surface area contributed by atoms with Gasteiger partial charge >= 0.3 is 5.97 Å². The van der Waals surface area contributed by atoms with E-state index in [4.69, 9.17) is 18.9 Å². The van der Waals surface area contributed by atoms with Gasteiger partial charge in [0.1, 0.15) is 17.6 Å². The first kappa shape index (κ1) is 22.4. The lowest BCUT2D eigenvalue weighted by atomic mass is 10.1. The van der Waals surface area contributed by atoms with Gasteiger partial charge in [0.2, 0.25) is 0 Å². The summed E-state index contributed by atoms with van der Waals surface area (Å²) in [5.74, 6) is 1.56. The van der Waals surface area contributed by atoms with E-state index in [-0.39, 0.29) is 13.2 Å². The molecule has 0 radical (unpaired) electrons. The molecule has 0 amide bonds. The largest absolute Gasteiger partial charge is 0.497 e. The Hall–Kier alpha value is -3.26. The number of aromatic amines is 1. The fraction of sp³-hybridized carbons (Fsp3) is 0.227. The number of nitriles is 1. The van der Waals surface area contributed by atoms with Gasteiger partial charge in [0.15, 0.2) is 18.1 Å². The van der Waals surface area contributed by atoms with Crippen molar-refractivity contribution in [2.75, 3.05) is 27.4 Å². The van der Waals surface area contributed by atoms with E-state index in [1.54, 1.807) is 26.2 Å². The molecule has 0 unspecified atom stereocenters. The van der Waals surface area contributed by atoms with Gasteiger partial charge in [-0.3, -0.25) is 0 Å². The van der Waals surface area contributed by atoms with Crippen LogP contribution in [-0.2, 0) is 9.53 Å². The number of H-pyrrole nitrogens is 1. The number of fused-ring (bicyclic) bond motifs is 1. The lowest BCUT2D eigenvalue weighted by molar-refractivity contribution is -0.145. The highest BCUT2D eigenvalue weighted by Gasteiger charge is 2.15. The molecule has 8 nitrogen and oxygen atoms in total. The molecule has 1 aromatic heterocycles. The fourth-order valence-electron chi connectivity index (χ4n) is 2.86. The Morgan fingerprint density at radius 1 is 1.26 bits per heavy atom. The van der Waals surface area contributed by atoms with Crippen LogP contribution in [0, 0.1) is 14.9 Å². The van der Waals surface area contributed by atoms with Crippen LogP contribution in [0.5, 0.6) is 17.2 Å². The van der Waals surface area contributed by atoms with E-state index in [9.17, 15) is 10.1 Å². The number of hydrogen-bond donors (Lipinski definition) is 1. The summed E-state index contributed by atoms with van der Waals surface area (Å²) in [5, 5.41) is 9.70. The Morgan fingerprint density at radius 3 is 2.74 bits per heavy atom. The van der Waals surface area contributed by atoms with Crippen LogP contribution in [0.2, 0.25) is 0 Å². The maximum absolute atomic E-state index is 11.6. The Kier molecular flexibility index (Phi) is 7.36. The zero-order valence-corrected chi connectivity index (χ0v) is 19.3. The van der Waals surface area contributed by atoms with E-state index in [2.05, 4.69) is 38.6 Å². The lowest BCUT2D eigenvalue weighted by Crippen LogP contribution is -2.15. The Balaban J connectivity index is 1.93. The Bertz CT molecular complexity index is 1180. The van der Waals surface area contributed by atoms with E-state index in [1.165, 1.54) is 7.11 Å². The molecule has 3 rings (SSSR count). The number of ether oxygens (including phenoxy) is 4. The van der Waals surface area contributed by atoms with E-state index in [0.717, 1.165) is 20.2 Å². The molecule has 0 saturated carbocycles. The van der Waals surface area contributed by atoms with Crippen LogP contribution in [0.3, 0.4) is 0 Å². The third-order valence-corrected chi connectivity index (χ3v) is 5.07. The molecule has 31 heavy (non-hydrogen) atoms. The van der Waals surface area contributed by atoms with Crippen LogP contribution >= 0.6 is 22.6 Å². The molecule has 1 N–H and O–H groups in total. The van der Waals surface area contributed by atoms with Gasteiger partial charge in [-0.2, -0.15) is 5.26 Å². The van der Waals surface area contributed by atoms with Gasteiger partial charge in [0, 0.05) is 6.07 Å². The first-order valence-corrected chi connectivity index (χ1v) is 10.4. The number of aromatic nitrogens is 2. The number of benzene rings is 2. The van der Waals surface area contributed by atoms with Gasteiger partial charge in [-0.15, -0.1) is 0 Å². The highest BCUT2D eigenvalue weighted by molar-refractivity contribution is 14.1. The summed E-state index contributed by atoms with van der Waals surface area (Å²) < 4.78 is 21.8. The van der Waals surface area contributed by atoms with E-state index < -0.39 is 5.97 Å². The second-order valence-electron chi connectivity index (χ2n) is 6.27. The zero-order chi connectivity index (χ0) is 22.4. The minimum Gasteiger partial charge on any atom is -0.497 e. The highest BCUT2D eigenvalue weighted by atomic mass is 127. The third-order valence-electron chi connectivity index (χ3n) is 4.27. The van der Waals surface area contributed by atoms with Crippen LogP contribution in [0.15, 0.2) is 30.3 Å². The number of methoxy groups -OCH3 is 2. The maximum atomic E-state index is 11.6. The second kappa shape index (κ2) is 10.2. The average Bonchev–Trinajstić information content (AvgIpc) is 3.19. The van der Waals surface area contributed by atoms with Crippen molar-refractivity contribution < 1.29 is 23.7 Å². The van der Waals surface area contributed by atoms with Crippen LogP contribution in [-0.4, -0.2) is 43.4 Å². The number of hydrogen-bond acceptors (Lipinski definition) is 7. The summed E-state index contributed by atoms with van der Waals surface area (Å²) in [6, 6.07) is 11.2. The van der Waals surface area contributed by atoms with Gasteiger partial charge in [-0.05, 0) is 65.4 Å². The summed E-state index contributed by atoms with van der Waals surface area (Å²) in [6.45, 7) is 1.79. The standard InChI is InChI=1S/C22H20IN3O5/c1-4-30-20(27)12-31-21-16(23)8-13(9-19(21)29-3)7-14(11-24)22-25-17-6-5-15(28-2)10-18(17)26-22/h5-10H,4,12H2,1-3H3,(H,25,26)/b14-7-. The molecule has 0 saturated heterocycles. The van der Waals surface area contributed by atoms with Gasteiger partial charge in [-0.1, -0.05) is 0 Å². The summed E-state index contributed by atoms with van der Waals surface area (Å²) in [7, 11) is 3.10. The molecule has 160 valence electrons. The lowest BCUT2D eigenvalue weighted by Gasteiger charge is -2.13.